The maximum Gasteiger partial charge on any atom is 0.302 e. The zero-order valence-corrected chi connectivity index (χ0v) is 9.56. The van der Waals surface area contributed by atoms with E-state index in [0.29, 0.717) is 6.61 Å². The highest BCUT2D eigenvalue weighted by Crippen LogP contribution is 2.27. The van der Waals surface area contributed by atoms with Crippen LogP contribution in [0.3, 0.4) is 0 Å². The number of hydrogen-bond acceptors (Lipinski definition) is 3. The summed E-state index contributed by atoms with van der Waals surface area (Å²) < 4.78 is 6.24. The third kappa shape index (κ3) is 2.18. The molecule has 0 saturated carbocycles. The molecule has 0 aliphatic rings. The number of ether oxygens (including phenoxy) is 1. The number of fused-ring (bicyclic) bond motifs is 1. The van der Waals surface area contributed by atoms with Crippen molar-refractivity contribution in [3.8, 4) is 0 Å². The Bertz CT molecular complexity index is 499. The lowest BCUT2D eigenvalue weighted by Gasteiger charge is -2.00. The molecule has 0 bridgehead atoms. The van der Waals surface area contributed by atoms with Crippen molar-refractivity contribution >= 4 is 27.4 Å². The summed E-state index contributed by atoms with van der Waals surface area (Å²) in [5, 5.41) is 3.24. The number of aryl methyl sites for hydroxylation is 1. The number of benzene rings is 1. The van der Waals surface area contributed by atoms with E-state index in [1.54, 1.807) is 11.3 Å². The van der Waals surface area contributed by atoms with Gasteiger partial charge in [-0.2, -0.15) is 0 Å². The summed E-state index contributed by atoms with van der Waals surface area (Å²) in [4.78, 5) is 10.7. The standard InChI is InChI=1S/C12H12O2S/c1-8-3-4-12-11(5-8)10(7-15-12)6-14-9(2)13/h3-5,7H,6H2,1-2H3. The lowest BCUT2D eigenvalue weighted by Crippen LogP contribution is -1.97. The molecule has 1 aromatic heterocycles. The highest BCUT2D eigenvalue weighted by Gasteiger charge is 2.05. The topological polar surface area (TPSA) is 26.3 Å². The third-order valence-corrected chi connectivity index (χ3v) is 3.25. The molecule has 2 rings (SSSR count). The third-order valence-electron chi connectivity index (χ3n) is 2.24. The van der Waals surface area contributed by atoms with Gasteiger partial charge in [-0.25, -0.2) is 0 Å². The summed E-state index contributed by atoms with van der Waals surface area (Å²) in [6.07, 6.45) is 0. The normalized spacial score (nSPS) is 10.5. The largest absolute Gasteiger partial charge is 0.461 e. The second kappa shape index (κ2) is 4.03. The second-order valence-corrected chi connectivity index (χ2v) is 4.45. The van der Waals surface area contributed by atoms with Gasteiger partial charge in [0.1, 0.15) is 6.61 Å². The van der Waals surface area contributed by atoms with Gasteiger partial charge in [-0.15, -0.1) is 11.3 Å². The molecule has 78 valence electrons. The van der Waals surface area contributed by atoms with E-state index in [4.69, 9.17) is 4.74 Å². The molecule has 0 fully saturated rings. The van der Waals surface area contributed by atoms with E-state index in [-0.39, 0.29) is 5.97 Å². The highest BCUT2D eigenvalue weighted by atomic mass is 32.1. The highest BCUT2D eigenvalue weighted by molar-refractivity contribution is 7.17. The maximum absolute atomic E-state index is 10.7. The van der Waals surface area contributed by atoms with Crippen molar-refractivity contribution < 1.29 is 9.53 Å². The summed E-state index contributed by atoms with van der Waals surface area (Å²) in [6.45, 7) is 3.87. The molecule has 0 unspecified atom stereocenters. The summed E-state index contributed by atoms with van der Waals surface area (Å²) in [7, 11) is 0. The SMILES string of the molecule is CC(=O)OCc1csc2ccc(C)cc12. The van der Waals surface area contributed by atoms with E-state index in [1.807, 2.05) is 5.38 Å². The van der Waals surface area contributed by atoms with Crippen molar-refractivity contribution in [3.05, 3.63) is 34.7 Å². The Kier molecular flexibility index (Phi) is 2.73. The van der Waals surface area contributed by atoms with Gasteiger partial charge < -0.3 is 4.74 Å². The zero-order chi connectivity index (χ0) is 10.8. The van der Waals surface area contributed by atoms with Crippen molar-refractivity contribution in [3.63, 3.8) is 0 Å². The van der Waals surface area contributed by atoms with E-state index in [0.717, 1.165) is 5.56 Å². The number of thiophene rings is 1. The van der Waals surface area contributed by atoms with Gasteiger partial charge in [0.2, 0.25) is 0 Å². The van der Waals surface area contributed by atoms with Crippen LogP contribution in [0.5, 0.6) is 0 Å². The molecule has 1 aromatic carbocycles. The van der Waals surface area contributed by atoms with Crippen LogP contribution in [0.4, 0.5) is 0 Å². The summed E-state index contributed by atoms with van der Waals surface area (Å²) in [5.41, 5.74) is 2.32. The van der Waals surface area contributed by atoms with Crippen LogP contribution < -0.4 is 0 Å². The molecular formula is C12H12O2S. The van der Waals surface area contributed by atoms with Crippen LogP contribution in [0.1, 0.15) is 18.1 Å². The van der Waals surface area contributed by atoms with Crippen molar-refractivity contribution in [2.45, 2.75) is 20.5 Å². The van der Waals surface area contributed by atoms with Gasteiger partial charge in [0.05, 0.1) is 0 Å². The van der Waals surface area contributed by atoms with Crippen molar-refractivity contribution in [1.82, 2.24) is 0 Å². The zero-order valence-electron chi connectivity index (χ0n) is 8.74. The quantitative estimate of drug-likeness (QED) is 0.726. The monoisotopic (exact) mass is 220 g/mol. The van der Waals surface area contributed by atoms with Crippen LogP contribution in [0.25, 0.3) is 10.1 Å². The first kappa shape index (κ1) is 10.2. The predicted molar refractivity (Wildman–Crippen MR) is 62.0 cm³/mol. The number of rotatable bonds is 2. The van der Waals surface area contributed by atoms with Gasteiger partial charge in [0.25, 0.3) is 0 Å². The molecule has 1 heterocycles. The molecule has 0 spiro atoms. The van der Waals surface area contributed by atoms with Crippen LogP contribution in [0.2, 0.25) is 0 Å². The van der Waals surface area contributed by atoms with Crippen molar-refractivity contribution in [1.29, 1.82) is 0 Å². The predicted octanol–water partition coefficient (Wildman–Crippen LogP) is 3.27. The van der Waals surface area contributed by atoms with Crippen LogP contribution in [-0.4, -0.2) is 5.97 Å². The first-order valence-corrected chi connectivity index (χ1v) is 5.65. The van der Waals surface area contributed by atoms with Gasteiger partial charge in [0.15, 0.2) is 0 Å². The van der Waals surface area contributed by atoms with Crippen LogP contribution in [0.15, 0.2) is 23.6 Å². The fourth-order valence-electron chi connectivity index (χ4n) is 1.49. The van der Waals surface area contributed by atoms with Crippen molar-refractivity contribution in [2.24, 2.45) is 0 Å². The number of carbonyl (C=O) groups excluding carboxylic acids is 1. The Balaban J connectivity index is 2.35. The summed E-state index contributed by atoms with van der Waals surface area (Å²) >= 11 is 1.68. The first-order chi connectivity index (χ1) is 7.16. The lowest BCUT2D eigenvalue weighted by atomic mass is 10.1. The minimum atomic E-state index is -0.234. The van der Waals surface area contributed by atoms with E-state index >= 15 is 0 Å². The Labute approximate surface area is 92.5 Å². The molecule has 0 aliphatic heterocycles. The van der Waals surface area contributed by atoms with Gasteiger partial charge in [-0.1, -0.05) is 17.7 Å². The minimum absolute atomic E-state index is 0.234. The molecule has 0 amide bonds. The van der Waals surface area contributed by atoms with E-state index in [1.165, 1.54) is 22.6 Å². The fraction of sp³-hybridized carbons (Fsp3) is 0.250. The maximum atomic E-state index is 10.7. The Hall–Kier alpha value is -1.35. The van der Waals surface area contributed by atoms with E-state index in [9.17, 15) is 4.79 Å². The molecule has 2 aromatic rings. The summed E-state index contributed by atoms with van der Waals surface area (Å²) in [6, 6.07) is 6.33. The molecule has 0 atom stereocenters. The molecule has 3 heteroatoms. The van der Waals surface area contributed by atoms with Gasteiger partial charge in [-0.3, -0.25) is 4.79 Å². The molecular weight excluding hydrogens is 208 g/mol. The molecule has 0 aliphatic carbocycles. The smallest absolute Gasteiger partial charge is 0.302 e. The Morgan fingerprint density at radius 2 is 2.27 bits per heavy atom. The molecule has 15 heavy (non-hydrogen) atoms. The fourth-order valence-corrected chi connectivity index (χ4v) is 2.41. The number of esters is 1. The number of hydrogen-bond donors (Lipinski definition) is 0. The molecule has 2 nitrogen and oxygen atoms in total. The van der Waals surface area contributed by atoms with Gasteiger partial charge in [0, 0.05) is 17.2 Å². The summed E-state index contributed by atoms with van der Waals surface area (Å²) in [5.74, 6) is -0.234. The second-order valence-electron chi connectivity index (χ2n) is 3.54. The average Bonchev–Trinajstić information content (AvgIpc) is 2.57. The minimum Gasteiger partial charge on any atom is -0.461 e. The molecule has 0 saturated heterocycles. The van der Waals surface area contributed by atoms with Gasteiger partial charge in [-0.05, 0) is 23.8 Å². The lowest BCUT2D eigenvalue weighted by molar-refractivity contribution is -0.142. The molecule has 0 N–H and O–H groups in total. The van der Waals surface area contributed by atoms with Crippen molar-refractivity contribution in [2.75, 3.05) is 0 Å². The van der Waals surface area contributed by atoms with Crippen LogP contribution in [0, 0.1) is 6.92 Å². The van der Waals surface area contributed by atoms with Crippen LogP contribution >= 0.6 is 11.3 Å². The Morgan fingerprint density at radius 3 is 3.00 bits per heavy atom. The van der Waals surface area contributed by atoms with E-state index < -0.39 is 0 Å². The van der Waals surface area contributed by atoms with Gasteiger partial charge >= 0.3 is 5.97 Å². The average molecular weight is 220 g/mol. The Morgan fingerprint density at radius 1 is 1.47 bits per heavy atom. The number of carbonyl (C=O) groups is 1. The van der Waals surface area contributed by atoms with Crippen LogP contribution in [-0.2, 0) is 16.1 Å². The molecule has 0 radical (unpaired) electrons. The van der Waals surface area contributed by atoms with E-state index in [2.05, 4.69) is 25.1 Å². The first-order valence-electron chi connectivity index (χ1n) is 4.77.